The standard InChI is InChI=1S/C25H30N2O2/c1-3-4-17-5-7-18(8-6-17)19-9-11-20(12-10-19)25(29)27(2)23-13-21-15-24(28)26-16-22(21)14-23/h5-12,21-23H,3-4,13-16H2,1-2H3,(H,26,28)/t21-,22+,23-/m1/s1. The number of fused-ring (bicyclic) bond motifs is 1. The maximum absolute atomic E-state index is 13.0. The number of piperidine rings is 1. The van der Waals surface area contributed by atoms with Gasteiger partial charge in [-0.25, -0.2) is 0 Å². The quantitative estimate of drug-likeness (QED) is 0.828. The van der Waals surface area contributed by atoms with Crippen LogP contribution in [0.15, 0.2) is 48.5 Å². The molecule has 3 atom stereocenters. The maximum atomic E-state index is 13.0. The molecule has 1 heterocycles. The molecule has 2 aliphatic rings. The lowest BCUT2D eigenvalue weighted by atomic mass is 9.89. The summed E-state index contributed by atoms with van der Waals surface area (Å²) in [5, 5.41) is 2.96. The molecule has 2 aromatic rings. The smallest absolute Gasteiger partial charge is 0.253 e. The molecule has 0 bridgehead atoms. The topological polar surface area (TPSA) is 49.4 Å². The van der Waals surface area contributed by atoms with Gasteiger partial charge in [0.15, 0.2) is 0 Å². The summed E-state index contributed by atoms with van der Waals surface area (Å²) < 4.78 is 0. The Morgan fingerprint density at radius 1 is 1.00 bits per heavy atom. The molecule has 1 saturated heterocycles. The van der Waals surface area contributed by atoms with Gasteiger partial charge in [0.25, 0.3) is 5.91 Å². The number of aryl methyl sites for hydroxylation is 1. The van der Waals surface area contributed by atoms with Gasteiger partial charge in [-0.2, -0.15) is 0 Å². The van der Waals surface area contributed by atoms with Crippen molar-refractivity contribution in [3.8, 4) is 11.1 Å². The normalized spacial score (nSPS) is 23.4. The second kappa shape index (κ2) is 8.40. The van der Waals surface area contributed by atoms with Gasteiger partial charge in [0.2, 0.25) is 5.91 Å². The minimum absolute atomic E-state index is 0.0674. The third-order valence-electron chi connectivity index (χ3n) is 6.65. The SMILES string of the molecule is CCCc1ccc(-c2ccc(C(=O)N(C)[C@H]3C[C@H]4CNC(=O)C[C@H]4C3)cc2)cc1. The summed E-state index contributed by atoms with van der Waals surface area (Å²) in [5.41, 5.74) is 4.39. The van der Waals surface area contributed by atoms with E-state index in [1.807, 2.05) is 36.2 Å². The van der Waals surface area contributed by atoms with Crippen LogP contribution in [0.2, 0.25) is 0 Å². The van der Waals surface area contributed by atoms with Crippen LogP contribution >= 0.6 is 0 Å². The van der Waals surface area contributed by atoms with Gasteiger partial charge < -0.3 is 10.2 Å². The number of carbonyl (C=O) groups excluding carboxylic acids is 2. The van der Waals surface area contributed by atoms with E-state index in [1.165, 1.54) is 11.1 Å². The summed E-state index contributed by atoms with van der Waals surface area (Å²) in [7, 11) is 1.90. The predicted octanol–water partition coefficient (Wildman–Crippen LogP) is 4.29. The minimum Gasteiger partial charge on any atom is -0.356 e. The molecule has 2 amide bonds. The number of nitrogens with zero attached hydrogens (tertiary/aromatic N) is 1. The molecule has 152 valence electrons. The Morgan fingerprint density at radius 2 is 1.62 bits per heavy atom. The van der Waals surface area contributed by atoms with Crippen LogP contribution < -0.4 is 5.32 Å². The van der Waals surface area contributed by atoms with E-state index < -0.39 is 0 Å². The summed E-state index contributed by atoms with van der Waals surface area (Å²) in [6.07, 6.45) is 4.78. The van der Waals surface area contributed by atoms with Crippen molar-refractivity contribution in [2.24, 2.45) is 11.8 Å². The van der Waals surface area contributed by atoms with Crippen LogP contribution in [0.3, 0.4) is 0 Å². The first-order valence-corrected chi connectivity index (χ1v) is 10.8. The van der Waals surface area contributed by atoms with Crippen LogP contribution in [-0.2, 0) is 11.2 Å². The molecule has 0 radical (unpaired) electrons. The second-order valence-corrected chi connectivity index (χ2v) is 8.59. The van der Waals surface area contributed by atoms with E-state index in [9.17, 15) is 9.59 Å². The van der Waals surface area contributed by atoms with Crippen LogP contribution in [0.25, 0.3) is 11.1 Å². The maximum Gasteiger partial charge on any atom is 0.253 e. The number of hydrogen-bond acceptors (Lipinski definition) is 2. The second-order valence-electron chi connectivity index (χ2n) is 8.59. The molecular weight excluding hydrogens is 360 g/mol. The number of carbonyl (C=O) groups is 2. The monoisotopic (exact) mass is 390 g/mol. The van der Waals surface area contributed by atoms with E-state index in [-0.39, 0.29) is 17.9 Å². The largest absolute Gasteiger partial charge is 0.356 e. The zero-order valence-corrected chi connectivity index (χ0v) is 17.4. The molecule has 4 heteroatoms. The average molecular weight is 391 g/mol. The first kappa shape index (κ1) is 19.7. The van der Waals surface area contributed by atoms with Crippen molar-refractivity contribution in [2.75, 3.05) is 13.6 Å². The zero-order valence-electron chi connectivity index (χ0n) is 17.4. The van der Waals surface area contributed by atoms with E-state index in [0.29, 0.717) is 18.3 Å². The lowest BCUT2D eigenvalue weighted by molar-refractivity contribution is -0.124. The van der Waals surface area contributed by atoms with Gasteiger partial charge >= 0.3 is 0 Å². The summed E-state index contributed by atoms with van der Waals surface area (Å²) in [4.78, 5) is 26.5. The van der Waals surface area contributed by atoms with Crippen LogP contribution in [0.4, 0.5) is 0 Å². The Kier molecular flexibility index (Phi) is 5.70. The van der Waals surface area contributed by atoms with Crippen molar-refractivity contribution < 1.29 is 9.59 Å². The minimum atomic E-state index is 0.0674. The van der Waals surface area contributed by atoms with Crippen LogP contribution in [0.5, 0.6) is 0 Å². The van der Waals surface area contributed by atoms with Gasteiger partial charge in [0.1, 0.15) is 0 Å². The van der Waals surface area contributed by atoms with Gasteiger partial charge in [0.05, 0.1) is 0 Å². The molecule has 4 rings (SSSR count). The van der Waals surface area contributed by atoms with E-state index in [0.717, 1.165) is 43.4 Å². The highest BCUT2D eigenvalue weighted by molar-refractivity contribution is 5.94. The molecule has 29 heavy (non-hydrogen) atoms. The summed E-state index contributed by atoms with van der Waals surface area (Å²) >= 11 is 0. The molecule has 0 unspecified atom stereocenters. The Bertz CT molecular complexity index is 873. The lowest BCUT2D eigenvalue weighted by Gasteiger charge is -2.25. The number of amides is 2. The molecule has 0 spiro atoms. The summed E-state index contributed by atoms with van der Waals surface area (Å²) in [6.45, 7) is 2.95. The highest BCUT2D eigenvalue weighted by Crippen LogP contribution is 2.38. The molecule has 1 saturated carbocycles. The fourth-order valence-corrected chi connectivity index (χ4v) is 4.88. The fraction of sp³-hybridized carbons (Fsp3) is 0.440. The third kappa shape index (κ3) is 4.21. The Labute approximate surface area is 173 Å². The number of benzene rings is 2. The van der Waals surface area contributed by atoms with Crippen LogP contribution in [0.1, 0.15) is 48.5 Å². The molecule has 2 fully saturated rings. The van der Waals surface area contributed by atoms with Gasteiger partial charge in [-0.05, 0) is 59.9 Å². The first-order valence-electron chi connectivity index (χ1n) is 10.8. The van der Waals surface area contributed by atoms with E-state index in [4.69, 9.17) is 0 Å². The Balaban J connectivity index is 1.42. The van der Waals surface area contributed by atoms with Gasteiger partial charge in [-0.1, -0.05) is 49.7 Å². The van der Waals surface area contributed by atoms with Gasteiger partial charge in [-0.3, -0.25) is 9.59 Å². The summed E-state index contributed by atoms with van der Waals surface area (Å²) in [6, 6.07) is 16.8. The molecule has 1 aliphatic heterocycles. The van der Waals surface area contributed by atoms with Crippen molar-refractivity contribution in [3.63, 3.8) is 0 Å². The highest BCUT2D eigenvalue weighted by Gasteiger charge is 2.40. The molecule has 1 aliphatic carbocycles. The van der Waals surface area contributed by atoms with Crippen LogP contribution in [-0.4, -0.2) is 36.3 Å². The number of rotatable bonds is 5. The molecule has 0 aromatic heterocycles. The Morgan fingerprint density at radius 3 is 2.28 bits per heavy atom. The lowest BCUT2D eigenvalue weighted by Crippen LogP contribution is -2.38. The summed E-state index contributed by atoms with van der Waals surface area (Å²) in [5.74, 6) is 1.14. The van der Waals surface area contributed by atoms with Crippen molar-refractivity contribution in [1.29, 1.82) is 0 Å². The van der Waals surface area contributed by atoms with Crippen molar-refractivity contribution in [2.45, 2.75) is 45.1 Å². The molecular formula is C25H30N2O2. The van der Waals surface area contributed by atoms with E-state index >= 15 is 0 Å². The Hall–Kier alpha value is -2.62. The highest BCUT2D eigenvalue weighted by atomic mass is 16.2. The third-order valence-corrected chi connectivity index (χ3v) is 6.65. The van der Waals surface area contributed by atoms with Crippen molar-refractivity contribution in [3.05, 3.63) is 59.7 Å². The van der Waals surface area contributed by atoms with Gasteiger partial charge in [-0.15, -0.1) is 0 Å². The zero-order chi connectivity index (χ0) is 20.4. The van der Waals surface area contributed by atoms with E-state index in [1.54, 1.807) is 0 Å². The fourth-order valence-electron chi connectivity index (χ4n) is 4.88. The van der Waals surface area contributed by atoms with Crippen molar-refractivity contribution >= 4 is 11.8 Å². The number of nitrogens with one attached hydrogen (secondary N) is 1. The average Bonchev–Trinajstić information content (AvgIpc) is 3.17. The van der Waals surface area contributed by atoms with Crippen molar-refractivity contribution in [1.82, 2.24) is 10.2 Å². The first-order chi connectivity index (χ1) is 14.0. The van der Waals surface area contributed by atoms with Crippen LogP contribution in [0, 0.1) is 11.8 Å². The number of hydrogen-bond donors (Lipinski definition) is 1. The van der Waals surface area contributed by atoms with E-state index in [2.05, 4.69) is 36.5 Å². The molecule has 2 aromatic carbocycles. The predicted molar refractivity (Wildman–Crippen MR) is 116 cm³/mol. The molecule has 1 N–H and O–H groups in total. The molecule has 4 nitrogen and oxygen atoms in total. The van der Waals surface area contributed by atoms with Gasteiger partial charge in [0, 0.05) is 31.6 Å².